The molecule has 0 spiro atoms. The predicted molar refractivity (Wildman–Crippen MR) is 57.0 cm³/mol. The Labute approximate surface area is 88.4 Å². The third kappa shape index (κ3) is 1.98. The molecule has 2 heteroatoms. The largest absolute Gasteiger partial charge is 0.302 e. The Morgan fingerprint density at radius 3 is 2.15 bits per heavy atom. The maximum atomic E-state index is 10.7. The zero-order valence-electron chi connectivity index (χ0n) is 7.92. The van der Waals surface area contributed by atoms with Crippen molar-refractivity contribution in [1.82, 2.24) is 0 Å². The van der Waals surface area contributed by atoms with Gasteiger partial charge in [-0.15, -0.1) is 0 Å². The normalized spacial score (nSPS) is 41.2. The fraction of sp³-hybridized carbons (Fsp3) is 0.909. The number of carbonyl (C=O) groups is 1. The van der Waals surface area contributed by atoms with Crippen LogP contribution < -0.4 is 0 Å². The average molecular weight is 245 g/mol. The first-order chi connectivity index (χ1) is 6.31. The van der Waals surface area contributed by atoms with E-state index in [9.17, 15) is 4.79 Å². The van der Waals surface area contributed by atoms with Gasteiger partial charge in [0.15, 0.2) is 0 Å². The van der Waals surface area contributed by atoms with E-state index in [-0.39, 0.29) is 4.83 Å². The van der Waals surface area contributed by atoms with Gasteiger partial charge < -0.3 is 4.79 Å². The molecule has 0 amide bonds. The van der Waals surface area contributed by atoms with Crippen LogP contribution in [-0.2, 0) is 4.79 Å². The summed E-state index contributed by atoms with van der Waals surface area (Å²) in [5.74, 6) is 2.52. The van der Waals surface area contributed by atoms with Gasteiger partial charge in [0.05, 0.1) is 4.83 Å². The smallest absolute Gasteiger partial charge is 0.133 e. The Hall–Kier alpha value is 0.150. The van der Waals surface area contributed by atoms with Gasteiger partial charge in [0, 0.05) is 0 Å². The Morgan fingerprint density at radius 2 is 1.69 bits per heavy atom. The van der Waals surface area contributed by atoms with E-state index in [4.69, 9.17) is 0 Å². The minimum atomic E-state index is 0.123. The quantitative estimate of drug-likeness (QED) is 0.539. The summed E-state index contributed by atoms with van der Waals surface area (Å²) in [4.78, 5) is 10.8. The highest BCUT2D eigenvalue weighted by Gasteiger charge is 2.37. The molecule has 2 fully saturated rings. The second-order valence-corrected chi connectivity index (χ2v) is 5.67. The number of aldehydes is 1. The third-order valence-electron chi connectivity index (χ3n) is 3.86. The fourth-order valence-electron chi connectivity index (χ4n) is 3.15. The molecule has 2 aliphatic rings. The Kier molecular flexibility index (Phi) is 3.07. The van der Waals surface area contributed by atoms with E-state index in [2.05, 4.69) is 15.9 Å². The summed E-state index contributed by atoms with van der Waals surface area (Å²) < 4.78 is 0. The molecule has 0 bridgehead atoms. The number of alkyl halides is 1. The van der Waals surface area contributed by atoms with Gasteiger partial charge in [-0.3, -0.25) is 0 Å². The molecule has 0 radical (unpaired) electrons. The monoisotopic (exact) mass is 244 g/mol. The summed E-state index contributed by atoms with van der Waals surface area (Å²) in [5.41, 5.74) is 0. The zero-order chi connectivity index (χ0) is 9.26. The van der Waals surface area contributed by atoms with Crippen LogP contribution in [0, 0.1) is 17.8 Å². The van der Waals surface area contributed by atoms with E-state index in [0.717, 1.165) is 18.1 Å². The second-order valence-electron chi connectivity index (χ2n) is 4.62. The summed E-state index contributed by atoms with van der Waals surface area (Å²) in [6.07, 6.45) is 9.32. The van der Waals surface area contributed by atoms with Crippen LogP contribution in [0.1, 0.15) is 38.5 Å². The van der Waals surface area contributed by atoms with Crippen molar-refractivity contribution in [3.63, 3.8) is 0 Å². The summed E-state index contributed by atoms with van der Waals surface area (Å²) in [5, 5.41) is 0. The number of halogens is 1. The van der Waals surface area contributed by atoms with Crippen molar-refractivity contribution < 1.29 is 4.79 Å². The molecular weight excluding hydrogens is 228 g/mol. The summed E-state index contributed by atoms with van der Waals surface area (Å²) in [7, 11) is 0. The molecule has 13 heavy (non-hydrogen) atoms. The molecule has 2 saturated carbocycles. The van der Waals surface area contributed by atoms with E-state index in [1.165, 1.54) is 38.5 Å². The lowest BCUT2D eigenvalue weighted by atomic mass is 9.82. The summed E-state index contributed by atoms with van der Waals surface area (Å²) in [6.45, 7) is 0. The van der Waals surface area contributed by atoms with Gasteiger partial charge in [0.25, 0.3) is 0 Å². The van der Waals surface area contributed by atoms with E-state index < -0.39 is 0 Å². The molecule has 0 heterocycles. The van der Waals surface area contributed by atoms with E-state index in [0.29, 0.717) is 5.92 Å². The highest BCUT2D eigenvalue weighted by molar-refractivity contribution is 9.09. The number of fused-ring (bicyclic) bond motifs is 1. The highest BCUT2D eigenvalue weighted by atomic mass is 79.9. The van der Waals surface area contributed by atoms with E-state index >= 15 is 0 Å². The molecule has 2 rings (SSSR count). The van der Waals surface area contributed by atoms with Crippen molar-refractivity contribution in [3.8, 4) is 0 Å². The van der Waals surface area contributed by atoms with Crippen LogP contribution in [0.5, 0.6) is 0 Å². The van der Waals surface area contributed by atoms with Gasteiger partial charge in [0.1, 0.15) is 6.29 Å². The molecule has 0 N–H and O–H groups in total. The number of carbonyl (C=O) groups excluding carboxylic acids is 1. The Bertz CT molecular complexity index is 179. The summed E-state index contributed by atoms with van der Waals surface area (Å²) in [6, 6.07) is 0. The molecular formula is C11H17BrO. The van der Waals surface area contributed by atoms with Gasteiger partial charge in [0.2, 0.25) is 0 Å². The maximum Gasteiger partial charge on any atom is 0.133 e. The highest BCUT2D eigenvalue weighted by Crippen LogP contribution is 2.46. The van der Waals surface area contributed by atoms with Crippen LogP contribution in [0.4, 0.5) is 0 Å². The van der Waals surface area contributed by atoms with Crippen LogP contribution in [0.15, 0.2) is 0 Å². The predicted octanol–water partition coefficient (Wildman–Crippen LogP) is 3.17. The second kappa shape index (κ2) is 4.12. The average Bonchev–Trinajstić information content (AvgIpc) is 2.59. The van der Waals surface area contributed by atoms with E-state index in [1.807, 2.05) is 0 Å². The van der Waals surface area contributed by atoms with Crippen LogP contribution in [0.2, 0.25) is 0 Å². The van der Waals surface area contributed by atoms with Crippen LogP contribution >= 0.6 is 15.9 Å². The molecule has 3 atom stereocenters. The van der Waals surface area contributed by atoms with Crippen LogP contribution in [0.3, 0.4) is 0 Å². The first-order valence-electron chi connectivity index (χ1n) is 5.40. The molecule has 0 aromatic heterocycles. The SMILES string of the molecule is O=CC(Br)C1CC2CCCCC2C1. The molecule has 74 valence electrons. The van der Waals surface area contributed by atoms with Crippen LogP contribution in [0.25, 0.3) is 0 Å². The standard InChI is InChI=1S/C11H17BrO/c12-11(7-13)10-5-8-3-1-2-4-9(8)6-10/h7-11H,1-6H2. The van der Waals surface area contributed by atoms with Gasteiger partial charge >= 0.3 is 0 Å². The number of hydrogen-bond donors (Lipinski definition) is 0. The lowest BCUT2D eigenvalue weighted by molar-refractivity contribution is -0.108. The fourth-order valence-corrected chi connectivity index (χ4v) is 3.58. The maximum absolute atomic E-state index is 10.7. The van der Waals surface area contributed by atoms with Crippen LogP contribution in [-0.4, -0.2) is 11.1 Å². The Balaban J connectivity index is 1.94. The van der Waals surface area contributed by atoms with Gasteiger partial charge in [-0.1, -0.05) is 41.6 Å². The molecule has 0 aliphatic heterocycles. The van der Waals surface area contributed by atoms with E-state index in [1.54, 1.807) is 0 Å². The van der Waals surface area contributed by atoms with Crippen molar-refractivity contribution in [2.24, 2.45) is 17.8 Å². The molecule has 0 saturated heterocycles. The number of rotatable bonds is 2. The first-order valence-corrected chi connectivity index (χ1v) is 6.32. The molecule has 0 aromatic rings. The number of hydrogen-bond acceptors (Lipinski definition) is 1. The minimum Gasteiger partial charge on any atom is -0.302 e. The zero-order valence-corrected chi connectivity index (χ0v) is 9.50. The third-order valence-corrected chi connectivity index (χ3v) is 4.82. The molecule has 2 aliphatic carbocycles. The first kappa shape index (κ1) is 9.70. The van der Waals surface area contributed by atoms with Gasteiger partial charge in [-0.2, -0.15) is 0 Å². The van der Waals surface area contributed by atoms with Crippen molar-refractivity contribution in [3.05, 3.63) is 0 Å². The molecule has 0 aromatic carbocycles. The topological polar surface area (TPSA) is 17.1 Å². The molecule has 3 unspecified atom stereocenters. The van der Waals surface area contributed by atoms with Gasteiger partial charge in [-0.05, 0) is 30.6 Å². The van der Waals surface area contributed by atoms with Crippen molar-refractivity contribution in [2.45, 2.75) is 43.4 Å². The lowest BCUT2D eigenvalue weighted by Crippen LogP contribution is -2.12. The molecule has 1 nitrogen and oxygen atoms in total. The Morgan fingerprint density at radius 1 is 1.15 bits per heavy atom. The lowest BCUT2D eigenvalue weighted by Gasteiger charge is -2.24. The van der Waals surface area contributed by atoms with Crippen molar-refractivity contribution in [2.75, 3.05) is 0 Å². The van der Waals surface area contributed by atoms with Crippen molar-refractivity contribution >= 4 is 22.2 Å². The van der Waals surface area contributed by atoms with Crippen molar-refractivity contribution in [1.29, 1.82) is 0 Å². The van der Waals surface area contributed by atoms with Gasteiger partial charge in [-0.25, -0.2) is 0 Å². The minimum absolute atomic E-state index is 0.123. The summed E-state index contributed by atoms with van der Waals surface area (Å²) >= 11 is 3.47.